The van der Waals surface area contributed by atoms with Crippen LogP contribution >= 0.6 is 22.9 Å². The topological polar surface area (TPSA) is 26.0 Å². The molecule has 0 saturated carbocycles. The lowest BCUT2D eigenvalue weighted by atomic mass is 10.2. The molecule has 0 spiro atoms. The summed E-state index contributed by atoms with van der Waals surface area (Å²) >= 11 is 7.19. The Balaban J connectivity index is 2.93. The van der Waals surface area contributed by atoms with Crippen LogP contribution in [-0.2, 0) is 0 Å². The number of nitrogen functional groups attached to an aromatic ring is 1. The molecule has 0 radical (unpaired) electrons. The van der Waals surface area contributed by atoms with Crippen LogP contribution in [0.4, 0.5) is 10.1 Å². The van der Waals surface area contributed by atoms with Crippen molar-refractivity contribution in [3.63, 3.8) is 0 Å². The molecule has 0 aliphatic heterocycles. The van der Waals surface area contributed by atoms with Crippen molar-refractivity contribution < 1.29 is 4.39 Å². The van der Waals surface area contributed by atoms with Crippen molar-refractivity contribution in [1.29, 1.82) is 0 Å². The van der Waals surface area contributed by atoms with Gasteiger partial charge in [-0.15, -0.1) is 11.3 Å². The van der Waals surface area contributed by atoms with Gasteiger partial charge in [-0.25, -0.2) is 4.39 Å². The number of hydrogen-bond acceptors (Lipinski definition) is 2. The van der Waals surface area contributed by atoms with E-state index in [1.807, 2.05) is 0 Å². The summed E-state index contributed by atoms with van der Waals surface area (Å²) in [4.78, 5) is 0. The molecule has 2 rings (SSSR count). The summed E-state index contributed by atoms with van der Waals surface area (Å²) in [5.41, 5.74) is 5.69. The third-order valence-corrected chi connectivity index (χ3v) is 3.15. The van der Waals surface area contributed by atoms with E-state index in [4.69, 9.17) is 17.3 Å². The van der Waals surface area contributed by atoms with Crippen LogP contribution in [0.15, 0.2) is 17.5 Å². The largest absolute Gasteiger partial charge is 0.395 e. The Morgan fingerprint density at radius 2 is 2.17 bits per heavy atom. The van der Waals surface area contributed by atoms with E-state index in [0.29, 0.717) is 5.02 Å². The zero-order valence-electron chi connectivity index (χ0n) is 5.97. The first-order valence-electron chi connectivity index (χ1n) is 3.31. The molecule has 4 heteroatoms. The second kappa shape index (κ2) is 2.61. The average molecular weight is 202 g/mol. The predicted octanol–water partition coefficient (Wildman–Crippen LogP) is 3.28. The fourth-order valence-electron chi connectivity index (χ4n) is 1.06. The molecule has 0 saturated heterocycles. The lowest BCUT2D eigenvalue weighted by Gasteiger charge is -1.96. The highest BCUT2D eigenvalue weighted by Gasteiger charge is 2.07. The van der Waals surface area contributed by atoms with Crippen molar-refractivity contribution in [2.45, 2.75) is 0 Å². The molecule has 12 heavy (non-hydrogen) atoms. The summed E-state index contributed by atoms with van der Waals surface area (Å²) in [5.74, 6) is -0.388. The summed E-state index contributed by atoms with van der Waals surface area (Å²) in [6.45, 7) is 0. The minimum Gasteiger partial charge on any atom is -0.395 e. The Morgan fingerprint density at radius 1 is 1.42 bits per heavy atom. The van der Waals surface area contributed by atoms with Gasteiger partial charge >= 0.3 is 0 Å². The van der Waals surface area contributed by atoms with Crippen molar-refractivity contribution in [3.05, 3.63) is 28.4 Å². The Kier molecular flexibility index (Phi) is 1.70. The van der Waals surface area contributed by atoms with Gasteiger partial charge in [0, 0.05) is 10.8 Å². The second-order valence-electron chi connectivity index (χ2n) is 2.42. The summed E-state index contributed by atoms with van der Waals surface area (Å²) in [5, 5.41) is 3.20. The number of hydrogen-bond donors (Lipinski definition) is 1. The normalized spacial score (nSPS) is 10.8. The molecule has 1 heterocycles. The smallest absolute Gasteiger partial charge is 0.147 e. The SMILES string of the molecule is Nc1c(F)ccc2c(Cl)csc12. The maximum atomic E-state index is 12.9. The number of benzene rings is 1. The molecule has 1 nitrogen and oxygen atoms in total. The van der Waals surface area contributed by atoms with E-state index in [9.17, 15) is 4.39 Å². The molecular weight excluding hydrogens is 197 g/mol. The summed E-state index contributed by atoms with van der Waals surface area (Å²) < 4.78 is 13.6. The molecule has 1 aromatic carbocycles. The fourth-order valence-corrected chi connectivity index (χ4v) is 2.29. The van der Waals surface area contributed by atoms with Crippen LogP contribution in [0.2, 0.25) is 5.02 Å². The van der Waals surface area contributed by atoms with E-state index in [0.717, 1.165) is 10.1 Å². The minimum absolute atomic E-state index is 0.185. The first-order chi connectivity index (χ1) is 5.70. The van der Waals surface area contributed by atoms with Crippen molar-refractivity contribution in [3.8, 4) is 0 Å². The van der Waals surface area contributed by atoms with Crippen molar-refractivity contribution in [2.24, 2.45) is 0 Å². The minimum atomic E-state index is -0.388. The number of fused-ring (bicyclic) bond motifs is 1. The fraction of sp³-hybridized carbons (Fsp3) is 0. The van der Waals surface area contributed by atoms with Gasteiger partial charge in [0.15, 0.2) is 0 Å². The molecule has 0 fully saturated rings. The standard InChI is InChI=1S/C8H5ClFNS/c9-5-3-12-8-4(5)1-2-6(10)7(8)11/h1-3H,11H2. The Hall–Kier alpha value is -0.800. The summed E-state index contributed by atoms with van der Waals surface area (Å²) in [6, 6.07) is 2.97. The Labute approximate surface area is 77.6 Å². The van der Waals surface area contributed by atoms with Gasteiger partial charge in [-0.1, -0.05) is 11.6 Å². The van der Waals surface area contributed by atoms with Crippen LogP contribution in [0.5, 0.6) is 0 Å². The molecule has 0 aliphatic carbocycles. The molecule has 0 bridgehead atoms. The lowest BCUT2D eigenvalue weighted by Crippen LogP contribution is -1.88. The average Bonchev–Trinajstić information content (AvgIpc) is 2.41. The van der Waals surface area contributed by atoms with Crippen LogP contribution in [0.3, 0.4) is 0 Å². The number of halogens is 2. The van der Waals surface area contributed by atoms with Crippen molar-refractivity contribution in [2.75, 3.05) is 5.73 Å². The molecule has 62 valence electrons. The zero-order chi connectivity index (χ0) is 8.72. The van der Waals surface area contributed by atoms with Crippen LogP contribution < -0.4 is 5.73 Å². The monoisotopic (exact) mass is 201 g/mol. The highest BCUT2D eigenvalue weighted by molar-refractivity contribution is 7.18. The third-order valence-electron chi connectivity index (χ3n) is 1.68. The van der Waals surface area contributed by atoms with E-state index in [-0.39, 0.29) is 11.5 Å². The first-order valence-corrected chi connectivity index (χ1v) is 4.56. The van der Waals surface area contributed by atoms with Crippen LogP contribution in [-0.4, -0.2) is 0 Å². The van der Waals surface area contributed by atoms with Crippen molar-refractivity contribution in [1.82, 2.24) is 0 Å². The number of rotatable bonds is 0. The molecule has 2 N–H and O–H groups in total. The second-order valence-corrected chi connectivity index (χ2v) is 3.71. The van der Waals surface area contributed by atoms with E-state index < -0.39 is 0 Å². The molecule has 2 aromatic rings. The van der Waals surface area contributed by atoms with E-state index in [1.165, 1.54) is 17.4 Å². The van der Waals surface area contributed by atoms with Crippen LogP contribution in [0, 0.1) is 5.82 Å². The van der Waals surface area contributed by atoms with E-state index in [1.54, 1.807) is 11.4 Å². The third kappa shape index (κ3) is 0.974. The van der Waals surface area contributed by atoms with Crippen LogP contribution in [0.1, 0.15) is 0 Å². The van der Waals surface area contributed by atoms with Gasteiger partial charge in [0.25, 0.3) is 0 Å². The quantitative estimate of drug-likeness (QED) is 0.651. The van der Waals surface area contributed by atoms with E-state index in [2.05, 4.69) is 0 Å². The molecule has 1 aromatic heterocycles. The maximum Gasteiger partial charge on any atom is 0.147 e. The summed E-state index contributed by atoms with van der Waals surface area (Å²) in [6.07, 6.45) is 0. The van der Waals surface area contributed by atoms with Gasteiger partial charge in [-0.3, -0.25) is 0 Å². The number of nitrogens with two attached hydrogens (primary N) is 1. The molecular formula is C8H5ClFNS. The molecule has 0 aliphatic rings. The lowest BCUT2D eigenvalue weighted by molar-refractivity contribution is 0.634. The van der Waals surface area contributed by atoms with Gasteiger partial charge in [-0.2, -0.15) is 0 Å². The van der Waals surface area contributed by atoms with Gasteiger partial charge in [0.2, 0.25) is 0 Å². The van der Waals surface area contributed by atoms with Gasteiger partial charge in [0.05, 0.1) is 15.4 Å². The van der Waals surface area contributed by atoms with Crippen LogP contribution in [0.25, 0.3) is 10.1 Å². The molecule has 0 unspecified atom stereocenters. The molecule has 0 atom stereocenters. The number of thiophene rings is 1. The maximum absolute atomic E-state index is 12.9. The molecule has 0 amide bonds. The zero-order valence-corrected chi connectivity index (χ0v) is 7.55. The number of anilines is 1. The highest BCUT2D eigenvalue weighted by atomic mass is 35.5. The predicted molar refractivity (Wildman–Crippen MR) is 51.2 cm³/mol. The van der Waals surface area contributed by atoms with Gasteiger partial charge in [-0.05, 0) is 12.1 Å². The van der Waals surface area contributed by atoms with E-state index >= 15 is 0 Å². The first kappa shape index (κ1) is 7.83. The summed E-state index contributed by atoms with van der Waals surface area (Å²) in [7, 11) is 0. The van der Waals surface area contributed by atoms with Gasteiger partial charge < -0.3 is 5.73 Å². The Bertz CT molecular complexity index is 438. The Morgan fingerprint density at radius 3 is 2.92 bits per heavy atom. The van der Waals surface area contributed by atoms with Crippen molar-refractivity contribution >= 4 is 38.7 Å². The van der Waals surface area contributed by atoms with Gasteiger partial charge in [0.1, 0.15) is 5.82 Å². The highest BCUT2D eigenvalue weighted by Crippen LogP contribution is 2.34.